The molecule has 5 heteroatoms. The minimum absolute atomic E-state index is 0.0158. The molecule has 3 atom stereocenters. The maximum atomic E-state index is 14.1. The van der Waals surface area contributed by atoms with Gasteiger partial charge in [0.1, 0.15) is 5.60 Å². The Labute approximate surface area is 293 Å². The molecule has 0 aliphatic carbocycles. The van der Waals surface area contributed by atoms with Gasteiger partial charge in [-0.05, 0) is 73.0 Å². The minimum atomic E-state index is -2.83. The molecule has 48 heavy (non-hydrogen) atoms. The molecule has 1 amide bonds. The molecule has 4 rings (SSSR count). The second-order valence-electron chi connectivity index (χ2n) is 15.7. The Bertz CT molecular complexity index is 1370. The number of carbonyl (C=O) groups is 1. The van der Waals surface area contributed by atoms with Gasteiger partial charge in [0, 0.05) is 12.0 Å². The number of likely N-dealkylation sites (tertiary alicyclic amines) is 1. The van der Waals surface area contributed by atoms with Gasteiger partial charge in [-0.2, -0.15) is 0 Å². The highest BCUT2D eigenvalue weighted by Crippen LogP contribution is 2.43. The van der Waals surface area contributed by atoms with Crippen LogP contribution in [-0.2, 0) is 15.6 Å². The van der Waals surface area contributed by atoms with Crippen LogP contribution in [-0.4, -0.2) is 43.6 Å². The highest BCUT2D eigenvalue weighted by Gasteiger charge is 2.53. The van der Waals surface area contributed by atoms with Crippen LogP contribution in [0.3, 0.4) is 0 Å². The van der Waals surface area contributed by atoms with Crippen LogP contribution in [0.5, 0.6) is 0 Å². The van der Waals surface area contributed by atoms with Crippen molar-refractivity contribution < 1.29 is 14.0 Å². The van der Waals surface area contributed by atoms with Crippen molar-refractivity contribution >= 4 is 24.8 Å². The quantitative estimate of drug-likeness (QED) is 0.0920. The predicted molar refractivity (Wildman–Crippen MR) is 205 cm³/mol. The van der Waals surface area contributed by atoms with Crippen LogP contribution in [0.15, 0.2) is 97.6 Å². The molecule has 3 aromatic rings. The van der Waals surface area contributed by atoms with Crippen molar-refractivity contribution in [2.75, 3.05) is 6.61 Å². The lowest BCUT2D eigenvalue weighted by Gasteiger charge is -2.44. The number of hydrogen-bond donors (Lipinski definition) is 0. The van der Waals surface area contributed by atoms with Gasteiger partial charge in [-0.25, -0.2) is 4.79 Å². The summed E-state index contributed by atoms with van der Waals surface area (Å²) in [6.07, 6.45) is 12.1. The molecule has 1 fully saturated rings. The topological polar surface area (TPSA) is 38.8 Å². The first-order valence-corrected chi connectivity index (χ1v) is 20.3. The van der Waals surface area contributed by atoms with Gasteiger partial charge in [0.15, 0.2) is 0 Å². The Morgan fingerprint density at radius 1 is 0.833 bits per heavy atom. The van der Waals surface area contributed by atoms with E-state index in [2.05, 4.69) is 119 Å². The summed E-state index contributed by atoms with van der Waals surface area (Å²) in [7, 11) is -2.83. The maximum Gasteiger partial charge on any atom is 0.410 e. The third-order valence-corrected chi connectivity index (χ3v) is 14.9. The van der Waals surface area contributed by atoms with Gasteiger partial charge in [-0.1, -0.05) is 151 Å². The SMILES string of the molecule is C=CC[C@H]1C[C@H](c2ccc(CCCCCCCC)cc2)[C@H](CO[Si](c2ccccc2)(c2ccccc2)C(C)(C)C)N1C(=O)OC(C)(C)C. The molecule has 0 aromatic heterocycles. The van der Waals surface area contributed by atoms with Crippen LogP contribution in [0, 0.1) is 0 Å². The first-order valence-electron chi connectivity index (χ1n) is 18.4. The summed E-state index contributed by atoms with van der Waals surface area (Å²) in [6.45, 7) is 19.5. The number of carbonyl (C=O) groups excluding carboxylic acids is 1. The Morgan fingerprint density at radius 3 is 1.92 bits per heavy atom. The van der Waals surface area contributed by atoms with Gasteiger partial charge in [-0.3, -0.25) is 4.90 Å². The number of benzene rings is 3. The van der Waals surface area contributed by atoms with Gasteiger partial charge in [0.2, 0.25) is 0 Å². The largest absolute Gasteiger partial charge is 0.444 e. The first kappa shape index (κ1) is 37.7. The Hall–Kier alpha value is -3.15. The van der Waals surface area contributed by atoms with E-state index in [0.29, 0.717) is 13.0 Å². The molecule has 1 aliphatic heterocycles. The van der Waals surface area contributed by atoms with Crippen molar-refractivity contribution in [3.63, 3.8) is 0 Å². The number of hydrogen-bond acceptors (Lipinski definition) is 3. The zero-order chi connectivity index (χ0) is 34.8. The van der Waals surface area contributed by atoms with Crippen LogP contribution < -0.4 is 10.4 Å². The Morgan fingerprint density at radius 2 is 1.40 bits per heavy atom. The maximum absolute atomic E-state index is 14.1. The molecule has 0 unspecified atom stereocenters. The summed E-state index contributed by atoms with van der Waals surface area (Å²) in [4.78, 5) is 16.1. The normalized spacial score (nSPS) is 18.6. The molecule has 1 aliphatic rings. The Kier molecular flexibility index (Phi) is 13.3. The number of ether oxygens (including phenoxy) is 1. The van der Waals surface area contributed by atoms with Gasteiger partial charge in [0.05, 0.1) is 12.6 Å². The fourth-order valence-electron chi connectivity index (χ4n) is 7.60. The molecule has 0 spiro atoms. The summed E-state index contributed by atoms with van der Waals surface area (Å²) in [5.41, 5.74) is 2.05. The third-order valence-electron chi connectivity index (χ3n) is 9.90. The second kappa shape index (κ2) is 17.0. The fourth-order valence-corrected chi connectivity index (χ4v) is 12.2. The lowest BCUT2D eigenvalue weighted by atomic mass is 9.89. The van der Waals surface area contributed by atoms with Crippen molar-refractivity contribution in [3.05, 3.63) is 109 Å². The highest BCUT2D eigenvalue weighted by atomic mass is 28.4. The molecule has 0 radical (unpaired) electrons. The number of unbranched alkanes of at least 4 members (excludes halogenated alkanes) is 5. The van der Waals surface area contributed by atoms with Gasteiger partial charge < -0.3 is 9.16 Å². The molecule has 0 bridgehead atoms. The molecule has 0 N–H and O–H groups in total. The second-order valence-corrected chi connectivity index (χ2v) is 20.0. The zero-order valence-corrected chi connectivity index (χ0v) is 31.8. The van der Waals surface area contributed by atoms with Crippen molar-refractivity contribution in [2.24, 2.45) is 0 Å². The standard InChI is InChI=1S/C43H61NO3Si/c1-9-11-12-13-14-17-23-34-28-30-35(31-29-34)39-32-36(22-10-2)44(41(45)47-42(3,4)5)40(39)33-46-48(43(6,7)8,37-24-18-15-19-25-37)38-26-20-16-21-27-38/h10,15-16,18-21,24-31,36,39-40H,2,9,11-14,17,22-23,32-33H2,1,3-8H3/t36-,39+,40-/m0/s1. The fraction of sp³-hybridized carbons (Fsp3) is 0.512. The molecular weight excluding hydrogens is 607 g/mol. The van der Waals surface area contributed by atoms with Crippen molar-refractivity contribution in [3.8, 4) is 0 Å². The summed E-state index contributed by atoms with van der Waals surface area (Å²) in [5.74, 6) is 0.115. The molecule has 1 saturated heterocycles. The summed E-state index contributed by atoms with van der Waals surface area (Å²) in [6, 6.07) is 30.5. The smallest absolute Gasteiger partial charge is 0.410 e. The van der Waals surface area contributed by atoms with Crippen molar-refractivity contribution in [1.82, 2.24) is 4.90 Å². The third kappa shape index (κ3) is 9.29. The number of aryl methyl sites for hydroxylation is 1. The van der Waals surface area contributed by atoms with E-state index in [9.17, 15) is 4.79 Å². The lowest BCUT2D eigenvalue weighted by Crippen LogP contribution is -2.67. The average molecular weight is 668 g/mol. The van der Waals surface area contributed by atoms with Crippen LogP contribution in [0.4, 0.5) is 4.79 Å². The first-order chi connectivity index (χ1) is 22.9. The summed E-state index contributed by atoms with van der Waals surface area (Å²) < 4.78 is 13.6. The highest BCUT2D eigenvalue weighted by molar-refractivity contribution is 6.99. The lowest BCUT2D eigenvalue weighted by molar-refractivity contribution is 0.00916. The summed E-state index contributed by atoms with van der Waals surface area (Å²) >= 11 is 0. The van der Waals surface area contributed by atoms with Gasteiger partial charge in [-0.15, -0.1) is 6.58 Å². The van der Waals surface area contributed by atoms with Crippen LogP contribution >= 0.6 is 0 Å². The van der Waals surface area contributed by atoms with E-state index in [1.54, 1.807) is 0 Å². The van der Waals surface area contributed by atoms with E-state index in [4.69, 9.17) is 9.16 Å². The number of nitrogens with zero attached hydrogens (tertiary/aromatic N) is 1. The van der Waals surface area contributed by atoms with Crippen LogP contribution in [0.1, 0.15) is 117 Å². The van der Waals surface area contributed by atoms with Crippen LogP contribution in [0.25, 0.3) is 0 Å². The molecule has 4 nitrogen and oxygen atoms in total. The van der Waals surface area contributed by atoms with E-state index in [0.717, 1.165) is 12.8 Å². The van der Waals surface area contributed by atoms with Crippen LogP contribution in [0.2, 0.25) is 5.04 Å². The average Bonchev–Trinajstić information content (AvgIpc) is 3.41. The predicted octanol–water partition coefficient (Wildman–Crippen LogP) is 10.2. The molecule has 1 heterocycles. The monoisotopic (exact) mass is 667 g/mol. The minimum Gasteiger partial charge on any atom is -0.444 e. The number of amides is 1. The van der Waals surface area contributed by atoms with E-state index in [1.807, 2.05) is 31.7 Å². The molecular formula is C43H61NO3Si. The van der Waals surface area contributed by atoms with Crippen molar-refractivity contribution in [2.45, 2.75) is 135 Å². The van der Waals surface area contributed by atoms with Crippen molar-refractivity contribution in [1.29, 1.82) is 0 Å². The number of rotatable bonds is 15. The van der Waals surface area contributed by atoms with E-state index in [1.165, 1.54) is 60.0 Å². The zero-order valence-electron chi connectivity index (χ0n) is 30.8. The van der Waals surface area contributed by atoms with Gasteiger partial charge >= 0.3 is 6.09 Å². The van der Waals surface area contributed by atoms with E-state index in [-0.39, 0.29) is 29.1 Å². The molecule has 260 valence electrons. The summed E-state index contributed by atoms with van der Waals surface area (Å²) in [5, 5.41) is 2.31. The van der Waals surface area contributed by atoms with E-state index < -0.39 is 13.9 Å². The Balaban J connectivity index is 1.71. The van der Waals surface area contributed by atoms with E-state index >= 15 is 0 Å². The van der Waals surface area contributed by atoms with Gasteiger partial charge in [0.25, 0.3) is 8.32 Å². The molecule has 3 aromatic carbocycles. The molecule has 0 saturated carbocycles.